The van der Waals surface area contributed by atoms with Gasteiger partial charge in [0.15, 0.2) is 0 Å². The average Bonchev–Trinajstić information content (AvgIpc) is 2.81. The van der Waals surface area contributed by atoms with Crippen molar-refractivity contribution >= 4 is 16.8 Å². The van der Waals surface area contributed by atoms with Crippen LogP contribution in [0, 0.1) is 5.41 Å². The Morgan fingerprint density at radius 2 is 2.00 bits per heavy atom. The first-order valence-electron chi connectivity index (χ1n) is 7.40. The number of amides is 1. The molecule has 2 rings (SSSR count). The van der Waals surface area contributed by atoms with E-state index in [4.69, 9.17) is 5.73 Å². The first-order valence-corrected chi connectivity index (χ1v) is 7.40. The number of fused-ring (bicyclic) bond motifs is 1. The van der Waals surface area contributed by atoms with Gasteiger partial charge in [-0.3, -0.25) is 4.79 Å². The van der Waals surface area contributed by atoms with Gasteiger partial charge in [0.05, 0.1) is 6.04 Å². The molecule has 0 aliphatic carbocycles. The quantitative estimate of drug-likeness (QED) is 0.809. The first kappa shape index (κ1) is 15.6. The predicted molar refractivity (Wildman–Crippen MR) is 87.0 cm³/mol. The smallest absolute Gasteiger partial charge is 0.237 e. The molecule has 0 aliphatic rings. The third-order valence-electron chi connectivity index (χ3n) is 4.11. The van der Waals surface area contributed by atoms with E-state index >= 15 is 0 Å². The van der Waals surface area contributed by atoms with Crippen molar-refractivity contribution in [3.63, 3.8) is 0 Å². The number of nitrogens with two attached hydrogens (primary N) is 1. The lowest BCUT2D eigenvalue weighted by Crippen LogP contribution is -2.49. The van der Waals surface area contributed by atoms with E-state index in [0.29, 0.717) is 6.42 Å². The number of nitrogens with one attached hydrogen (secondary N) is 2. The largest absolute Gasteiger partial charge is 0.361 e. The molecule has 0 aliphatic heterocycles. The Morgan fingerprint density at radius 1 is 1.33 bits per heavy atom. The molecule has 0 radical (unpaired) electrons. The zero-order valence-electron chi connectivity index (χ0n) is 13.2. The van der Waals surface area contributed by atoms with Crippen LogP contribution in [-0.2, 0) is 11.2 Å². The monoisotopic (exact) mass is 287 g/mol. The molecule has 0 spiro atoms. The molecule has 21 heavy (non-hydrogen) atoms. The van der Waals surface area contributed by atoms with Crippen molar-refractivity contribution in [2.45, 2.75) is 46.2 Å². The fourth-order valence-electron chi connectivity index (χ4n) is 2.17. The molecule has 114 valence electrons. The molecule has 2 unspecified atom stereocenters. The minimum Gasteiger partial charge on any atom is -0.361 e. The van der Waals surface area contributed by atoms with Gasteiger partial charge in [0, 0.05) is 23.1 Å². The van der Waals surface area contributed by atoms with Gasteiger partial charge in [0.25, 0.3) is 0 Å². The van der Waals surface area contributed by atoms with Gasteiger partial charge in [-0.25, -0.2) is 0 Å². The summed E-state index contributed by atoms with van der Waals surface area (Å²) >= 11 is 0. The number of aromatic nitrogens is 1. The van der Waals surface area contributed by atoms with Crippen LogP contribution >= 0.6 is 0 Å². The predicted octanol–water partition coefficient (Wildman–Crippen LogP) is 2.59. The molecule has 1 heterocycles. The number of carbonyl (C=O) groups is 1. The second kappa shape index (κ2) is 5.90. The number of para-hydroxylation sites is 1. The van der Waals surface area contributed by atoms with Crippen molar-refractivity contribution in [2.24, 2.45) is 11.1 Å². The Kier molecular flexibility index (Phi) is 4.37. The summed E-state index contributed by atoms with van der Waals surface area (Å²) in [5.74, 6) is -0.0947. The second-order valence-electron chi connectivity index (χ2n) is 6.77. The maximum absolute atomic E-state index is 12.2. The summed E-state index contributed by atoms with van der Waals surface area (Å²) in [4.78, 5) is 15.4. The van der Waals surface area contributed by atoms with E-state index in [9.17, 15) is 4.79 Å². The van der Waals surface area contributed by atoms with E-state index in [0.717, 1.165) is 16.5 Å². The van der Waals surface area contributed by atoms with Crippen molar-refractivity contribution in [3.8, 4) is 0 Å². The van der Waals surface area contributed by atoms with E-state index in [1.165, 1.54) is 0 Å². The second-order valence-corrected chi connectivity index (χ2v) is 6.77. The van der Waals surface area contributed by atoms with Crippen molar-refractivity contribution in [2.75, 3.05) is 0 Å². The SMILES string of the molecule is CC(NC(=O)C(N)Cc1c[nH]c2ccccc12)C(C)(C)C. The zero-order chi connectivity index (χ0) is 15.6. The number of rotatable bonds is 4. The molecule has 0 saturated carbocycles. The fraction of sp³-hybridized carbons (Fsp3) is 0.471. The average molecular weight is 287 g/mol. The minimum atomic E-state index is -0.533. The Balaban J connectivity index is 2.04. The number of hydrogen-bond donors (Lipinski definition) is 3. The van der Waals surface area contributed by atoms with Crippen LogP contribution in [-0.4, -0.2) is 23.0 Å². The third kappa shape index (κ3) is 3.64. The standard InChI is InChI=1S/C17H25N3O/c1-11(17(2,3)4)20-16(21)14(18)9-12-10-19-15-8-6-5-7-13(12)15/h5-8,10-11,14,19H,9,18H2,1-4H3,(H,20,21). The van der Waals surface area contributed by atoms with E-state index in [2.05, 4.69) is 31.1 Å². The minimum absolute atomic E-state index is 0.0240. The van der Waals surface area contributed by atoms with Crippen molar-refractivity contribution < 1.29 is 4.79 Å². The molecule has 4 nitrogen and oxygen atoms in total. The molecule has 0 bridgehead atoms. The lowest BCUT2D eigenvalue weighted by atomic mass is 9.88. The highest BCUT2D eigenvalue weighted by Gasteiger charge is 2.24. The topological polar surface area (TPSA) is 70.9 Å². The number of aromatic amines is 1. The van der Waals surface area contributed by atoms with E-state index in [-0.39, 0.29) is 17.4 Å². The maximum atomic E-state index is 12.2. The molecular formula is C17H25N3O. The van der Waals surface area contributed by atoms with Crippen LogP contribution in [0.5, 0.6) is 0 Å². The summed E-state index contributed by atoms with van der Waals surface area (Å²) < 4.78 is 0. The van der Waals surface area contributed by atoms with Gasteiger partial charge in [-0.15, -0.1) is 0 Å². The van der Waals surface area contributed by atoms with Crippen LogP contribution in [0.3, 0.4) is 0 Å². The number of hydrogen-bond acceptors (Lipinski definition) is 2. The van der Waals surface area contributed by atoms with Gasteiger partial charge in [-0.05, 0) is 30.4 Å². The molecule has 2 atom stereocenters. The molecule has 1 amide bonds. The highest BCUT2D eigenvalue weighted by atomic mass is 16.2. The molecule has 4 heteroatoms. The van der Waals surface area contributed by atoms with Crippen molar-refractivity contribution in [1.29, 1.82) is 0 Å². The summed E-state index contributed by atoms with van der Waals surface area (Å²) in [5, 5.41) is 4.14. The zero-order valence-corrected chi connectivity index (χ0v) is 13.2. The Hall–Kier alpha value is -1.81. The molecule has 2 aromatic rings. The highest BCUT2D eigenvalue weighted by Crippen LogP contribution is 2.20. The van der Waals surface area contributed by atoms with E-state index < -0.39 is 6.04 Å². The maximum Gasteiger partial charge on any atom is 0.237 e. The Bertz CT molecular complexity index is 624. The number of H-pyrrole nitrogens is 1. The van der Waals surface area contributed by atoms with Gasteiger partial charge in [0.1, 0.15) is 0 Å². The van der Waals surface area contributed by atoms with Crippen LogP contribution in [0.15, 0.2) is 30.5 Å². The number of benzene rings is 1. The van der Waals surface area contributed by atoms with E-state index in [1.807, 2.05) is 37.4 Å². The van der Waals surface area contributed by atoms with Gasteiger partial charge in [-0.2, -0.15) is 0 Å². The fourth-order valence-corrected chi connectivity index (χ4v) is 2.17. The third-order valence-corrected chi connectivity index (χ3v) is 4.11. The molecule has 0 saturated heterocycles. The van der Waals surface area contributed by atoms with Crippen LogP contribution in [0.1, 0.15) is 33.3 Å². The number of carbonyl (C=O) groups excluding carboxylic acids is 1. The summed E-state index contributed by atoms with van der Waals surface area (Å²) in [7, 11) is 0. The molecule has 1 aromatic carbocycles. The summed E-state index contributed by atoms with van der Waals surface area (Å²) in [5.41, 5.74) is 8.24. The lowest BCUT2D eigenvalue weighted by Gasteiger charge is -2.29. The van der Waals surface area contributed by atoms with Gasteiger partial charge in [-0.1, -0.05) is 39.0 Å². The Morgan fingerprint density at radius 3 is 2.67 bits per heavy atom. The van der Waals surface area contributed by atoms with Crippen molar-refractivity contribution in [1.82, 2.24) is 10.3 Å². The molecule has 4 N–H and O–H groups in total. The molecule has 1 aromatic heterocycles. The Labute approximate surface area is 126 Å². The highest BCUT2D eigenvalue weighted by molar-refractivity contribution is 5.86. The van der Waals surface area contributed by atoms with Gasteiger partial charge >= 0.3 is 0 Å². The lowest BCUT2D eigenvalue weighted by molar-refractivity contribution is -0.123. The van der Waals surface area contributed by atoms with Crippen LogP contribution < -0.4 is 11.1 Å². The van der Waals surface area contributed by atoms with Gasteiger partial charge < -0.3 is 16.0 Å². The van der Waals surface area contributed by atoms with Crippen LogP contribution in [0.2, 0.25) is 0 Å². The van der Waals surface area contributed by atoms with Crippen molar-refractivity contribution in [3.05, 3.63) is 36.0 Å². The van der Waals surface area contributed by atoms with E-state index in [1.54, 1.807) is 0 Å². The summed E-state index contributed by atoms with van der Waals surface area (Å²) in [6.07, 6.45) is 2.47. The summed E-state index contributed by atoms with van der Waals surface area (Å²) in [6.45, 7) is 8.31. The first-order chi connectivity index (χ1) is 9.79. The normalized spacial score (nSPS) is 14.9. The van der Waals surface area contributed by atoms with Gasteiger partial charge in [0.2, 0.25) is 5.91 Å². The van der Waals surface area contributed by atoms with Crippen LogP contribution in [0.4, 0.5) is 0 Å². The van der Waals surface area contributed by atoms with Crippen LogP contribution in [0.25, 0.3) is 10.9 Å². The molecular weight excluding hydrogens is 262 g/mol. The summed E-state index contributed by atoms with van der Waals surface area (Å²) in [6, 6.07) is 7.59. The molecule has 0 fully saturated rings.